The predicted octanol–water partition coefficient (Wildman–Crippen LogP) is -0.381. The molecule has 0 unspecified atom stereocenters. The molecule has 0 spiro atoms. The fraction of sp³-hybridized carbons (Fsp3) is 0.750. The molecular weight excluding hydrogens is 349 g/mol. The topological polar surface area (TPSA) is 91.8 Å². The maximum absolute atomic E-state index is 12.1. The van der Waals surface area contributed by atoms with Crippen molar-refractivity contribution in [3.63, 3.8) is 0 Å². The van der Waals surface area contributed by atoms with Gasteiger partial charge in [-0.2, -0.15) is 0 Å². The zero-order chi connectivity index (χ0) is 12.5. The zero-order valence-corrected chi connectivity index (χ0v) is 11.5. The Morgan fingerprint density at radius 2 is 2.00 bits per heavy atom. The number of sulfone groups is 1. The van der Waals surface area contributed by atoms with E-state index >= 15 is 0 Å². The van der Waals surface area contributed by atoms with Gasteiger partial charge in [-0.25, -0.2) is 13.2 Å². The highest BCUT2D eigenvalue weighted by molar-refractivity contribution is 14.1. The molecule has 6 nitrogen and oxygen atoms in total. The molecule has 0 aromatic heterocycles. The number of fused-ring (bicyclic) bond motifs is 1. The largest absolute Gasteiger partial charge is 0.480 e. The highest BCUT2D eigenvalue weighted by atomic mass is 127. The van der Waals surface area contributed by atoms with Gasteiger partial charge in [-0.05, 0) is 13.8 Å². The molecule has 0 bridgehead atoms. The van der Waals surface area contributed by atoms with Crippen LogP contribution in [-0.2, 0) is 19.4 Å². The highest BCUT2D eigenvalue weighted by Crippen LogP contribution is 2.48. The number of hydrogen-bond acceptors (Lipinski definition) is 4. The number of hydrogen-bond donors (Lipinski definition) is 1. The lowest BCUT2D eigenvalue weighted by molar-refractivity contribution is -0.156. The number of β-lactam (4-membered cyclic amide) rings is 1. The quantitative estimate of drug-likeness (QED) is 0.392. The maximum atomic E-state index is 12.1. The van der Waals surface area contributed by atoms with Gasteiger partial charge >= 0.3 is 5.97 Å². The van der Waals surface area contributed by atoms with Gasteiger partial charge in [-0.15, -0.1) is 0 Å². The number of halogens is 1. The molecule has 16 heavy (non-hydrogen) atoms. The molecule has 1 amide bonds. The summed E-state index contributed by atoms with van der Waals surface area (Å²) in [5, 5.41) is 8.07. The van der Waals surface area contributed by atoms with Crippen LogP contribution >= 0.6 is 22.6 Å². The van der Waals surface area contributed by atoms with Crippen LogP contribution in [-0.4, -0.2) is 50.4 Å². The maximum Gasteiger partial charge on any atom is 0.328 e. The van der Waals surface area contributed by atoms with Crippen molar-refractivity contribution < 1.29 is 23.1 Å². The average molecular weight is 359 g/mol. The molecular formula is C8H10INO5S. The van der Waals surface area contributed by atoms with Crippen LogP contribution in [0.25, 0.3) is 0 Å². The van der Waals surface area contributed by atoms with Crippen molar-refractivity contribution in [2.75, 3.05) is 0 Å². The summed E-state index contributed by atoms with van der Waals surface area (Å²) in [5.74, 6) is -1.68. The molecule has 2 aliphatic heterocycles. The first-order chi connectivity index (χ1) is 7.14. The second-order valence-electron chi connectivity index (χ2n) is 4.43. The predicted molar refractivity (Wildman–Crippen MR) is 62.9 cm³/mol. The van der Waals surface area contributed by atoms with Gasteiger partial charge in [0.2, 0.25) is 5.91 Å². The second kappa shape index (κ2) is 3.09. The second-order valence-corrected chi connectivity index (χ2v) is 8.39. The van der Waals surface area contributed by atoms with Crippen molar-refractivity contribution >= 4 is 44.3 Å². The number of nitrogens with zero attached hydrogens (tertiary/aromatic N) is 1. The Hall–Kier alpha value is -0.380. The number of alkyl halides is 1. The lowest BCUT2D eigenvalue weighted by Gasteiger charge is -2.39. The smallest absolute Gasteiger partial charge is 0.328 e. The van der Waals surface area contributed by atoms with Crippen LogP contribution in [0.3, 0.4) is 0 Å². The third kappa shape index (κ3) is 1.09. The number of carboxylic acids is 1. The van der Waals surface area contributed by atoms with Crippen LogP contribution in [0.4, 0.5) is 0 Å². The Bertz CT molecular complexity index is 485. The number of carbonyl (C=O) groups excluding carboxylic acids is 1. The van der Waals surface area contributed by atoms with E-state index in [2.05, 4.69) is 0 Å². The van der Waals surface area contributed by atoms with Crippen LogP contribution in [0.1, 0.15) is 13.8 Å². The Balaban J connectivity index is 2.60. The monoisotopic (exact) mass is 359 g/mol. The van der Waals surface area contributed by atoms with Crippen molar-refractivity contribution in [1.82, 2.24) is 4.90 Å². The van der Waals surface area contributed by atoms with Gasteiger partial charge in [-0.1, -0.05) is 22.6 Å². The van der Waals surface area contributed by atoms with Crippen LogP contribution in [0.15, 0.2) is 0 Å². The number of carboxylic acid groups (broad SMARTS) is 1. The van der Waals surface area contributed by atoms with E-state index in [9.17, 15) is 18.0 Å². The molecule has 2 heterocycles. The summed E-state index contributed by atoms with van der Waals surface area (Å²) in [7, 11) is -3.63. The summed E-state index contributed by atoms with van der Waals surface area (Å²) in [4.78, 5) is 23.6. The van der Waals surface area contributed by atoms with Crippen LogP contribution < -0.4 is 0 Å². The molecule has 0 aromatic carbocycles. The number of amides is 1. The normalized spacial score (nSPS) is 39.1. The Labute approximate surface area is 106 Å². The molecule has 0 aliphatic carbocycles. The zero-order valence-electron chi connectivity index (χ0n) is 8.55. The van der Waals surface area contributed by atoms with Crippen LogP contribution in [0.5, 0.6) is 0 Å². The molecule has 0 radical (unpaired) electrons. The van der Waals surface area contributed by atoms with Gasteiger partial charge in [0.25, 0.3) is 0 Å². The van der Waals surface area contributed by atoms with E-state index < -0.39 is 41.8 Å². The Kier molecular flexibility index (Phi) is 2.34. The Morgan fingerprint density at radius 1 is 1.50 bits per heavy atom. The first-order valence-electron chi connectivity index (χ1n) is 4.56. The van der Waals surface area contributed by atoms with E-state index in [0.717, 1.165) is 4.90 Å². The Morgan fingerprint density at radius 3 is 2.44 bits per heavy atom. The van der Waals surface area contributed by atoms with Gasteiger partial charge in [0.05, 0.1) is 0 Å². The summed E-state index contributed by atoms with van der Waals surface area (Å²) in [5.41, 5.74) is 0. The van der Waals surface area contributed by atoms with Crippen molar-refractivity contribution in [2.24, 2.45) is 0 Å². The standard InChI is InChI=1S/C8H10INO5S/c1-8(2)4(7(12)13)10-5(11)3(9)6(10)16(8,14)15/h3-4,6H,1-2H3,(H,12,13)/t3-,4-,6+/m0/s1. The molecule has 90 valence electrons. The number of rotatable bonds is 1. The third-order valence-corrected chi connectivity index (χ3v) is 7.76. The molecule has 2 rings (SSSR count). The van der Waals surface area contributed by atoms with Gasteiger partial charge in [0.1, 0.15) is 14.7 Å². The SMILES string of the molecule is CC1(C)[C@H](C(=O)O)N2C(=O)[C@H](I)[C@H]2S1(=O)=O. The molecule has 3 atom stereocenters. The molecule has 8 heteroatoms. The lowest BCUT2D eigenvalue weighted by atomic mass is 9.98. The average Bonchev–Trinajstić information content (AvgIpc) is 2.28. The van der Waals surface area contributed by atoms with Crippen LogP contribution in [0.2, 0.25) is 0 Å². The van der Waals surface area contributed by atoms with E-state index in [1.807, 2.05) is 0 Å². The number of carbonyl (C=O) groups is 2. The summed E-state index contributed by atoms with van der Waals surface area (Å²) in [6, 6.07) is -1.28. The van der Waals surface area contributed by atoms with Crippen molar-refractivity contribution in [3.05, 3.63) is 0 Å². The minimum atomic E-state index is -3.63. The third-order valence-electron chi connectivity index (χ3n) is 3.24. The summed E-state index contributed by atoms with van der Waals surface area (Å²) in [6.07, 6.45) is 0. The summed E-state index contributed by atoms with van der Waals surface area (Å²) >= 11 is 1.75. The molecule has 0 saturated carbocycles. The van der Waals surface area contributed by atoms with E-state index in [4.69, 9.17) is 5.11 Å². The fourth-order valence-electron chi connectivity index (χ4n) is 2.25. The lowest BCUT2D eigenvalue weighted by Crippen LogP contribution is -2.64. The van der Waals surface area contributed by atoms with E-state index in [-0.39, 0.29) is 0 Å². The minimum absolute atomic E-state index is 0.410. The first-order valence-corrected chi connectivity index (χ1v) is 7.35. The molecule has 1 N–H and O–H groups in total. The van der Waals surface area contributed by atoms with Gasteiger partial charge in [-0.3, -0.25) is 4.79 Å². The van der Waals surface area contributed by atoms with Crippen molar-refractivity contribution in [1.29, 1.82) is 0 Å². The minimum Gasteiger partial charge on any atom is -0.480 e. The van der Waals surface area contributed by atoms with Gasteiger partial charge in [0, 0.05) is 0 Å². The van der Waals surface area contributed by atoms with Crippen molar-refractivity contribution in [2.45, 2.75) is 33.9 Å². The number of aliphatic carboxylic acids is 1. The summed E-state index contributed by atoms with van der Waals surface area (Å²) in [6.45, 7) is 2.71. The molecule has 2 fully saturated rings. The van der Waals surface area contributed by atoms with E-state index in [1.54, 1.807) is 22.6 Å². The first kappa shape index (κ1) is 12.1. The molecule has 2 saturated heterocycles. The van der Waals surface area contributed by atoms with Gasteiger partial charge < -0.3 is 10.0 Å². The molecule has 2 aliphatic rings. The fourth-order valence-corrected chi connectivity index (χ4v) is 6.18. The van der Waals surface area contributed by atoms with Crippen molar-refractivity contribution in [3.8, 4) is 0 Å². The summed E-state index contributed by atoms with van der Waals surface area (Å²) < 4.78 is 22.1. The highest BCUT2D eigenvalue weighted by Gasteiger charge is 2.71. The van der Waals surface area contributed by atoms with E-state index in [0.29, 0.717) is 0 Å². The van der Waals surface area contributed by atoms with E-state index in [1.165, 1.54) is 13.8 Å². The van der Waals surface area contributed by atoms with Crippen LogP contribution in [0, 0.1) is 0 Å². The van der Waals surface area contributed by atoms with Gasteiger partial charge in [0.15, 0.2) is 15.2 Å². The molecule has 0 aromatic rings.